The fraction of sp³-hybridized carbons (Fsp3) is 0.529. The molecule has 0 saturated heterocycles. The first-order valence-electron chi connectivity index (χ1n) is 7.29. The minimum absolute atomic E-state index is 0.189. The third-order valence-corrected chi connectivity index (χ3v) is 3.92. The fourth-order valence-electron chi connectivity index (χ4n) is 2.72. The minimum atomic E-state index is -0.189. The van der Waals surface area contributed by atoms with Crippen molar-refractivity contribution in [1.29, 1.82) is 0 Å². The Morgan fingerprint density at radius 3 is 2.45 bits per heavy atom. The van der Waals surface area contributed by atoms with E-state index in [1.807, 2.05) is 6.07 Å². The Balaban J connectivity index is 2.02. The molecule has 20 heavy (non-hydrogen) atoms. The van der Waals surface area contributed by atoms with Crippen molar-refractivity contribution in [2.75, 3.05) is 13.1 Å². The topological polar surface area (TPSA) is 29.3 Å². The quantitative estimate of drug-likeness (QED) is 0.857. The molecule has 0 aromatic heterocycles. The Morgan fingerprint density at radius 1 is 1.20 bits per heavy atom. The summed E-state index contributed by atoms with van der Waals surface area (Å²) in [5.41, 5.74) is 9.26. The van der Waals surface area contributed by atoms with Gasteiger partial charge in [-0.1, -0.05) is 38.5 Å². The van der Waals surface area contributed by atoms with Crippen molar-refractivity contribution in [3.63, 3.8) is 0 Å². The van der Waals surface area contributed by atoms with Crippen molar-refractivity contribution in [2.24, 2.45) is 11.1 Å². The van der Waals surface area contributed by atoms with Gasteiger partial charge in [0.2, 0.25) is 0 Å². The maximum absolute atomic E-state index is 13.5. The molecule has 3 heteroatoms. The first-order chi connectivity index (χ1) is 9.38. The third kappa shape index (κ3) is 3.90. The zero-order chi connectivity index (χ0) is 14.8. The van der Waals surface area contributed by atoms with E-state index >= 15 is 0 Å². The largest absolute Gasteiger partial charge is 0.326 e. The lowest BCUT2D eigenvalue weighted by Crippen LogP contribution is -2.31. The van der Waals surface area contributed by atoms with Gasteiger partial charge in [-0.25, -0.2) is 4.39 Å². The Hall–Kier alpha value is -1.19. The molecule has 0 spiro atoms. The van der Waals surface area contributed by atoms with Crippen LogP contribution in [0.15, 0.2) is 29.8 Å². The summed E-state index contributed by atoms with van der Waals surface area (Å²) < 4.78 is 13.5. The van der Waals surface area contributed by atoms with Crippen LogP contribution < -0.4 is 5.73 Å². The lowest BCUT2D eigenvalue weighted by atomic mass is 9.83. The maximum Gasteiger partial charge on any atom is 0.123 e. The summed E-state index contributed by atoms with van der Waals surface area (Å²) in [7, 11) is 0. The van der Waals surface area contributed by atoms with Crippen LogP contribution in [0.2, 0.25) is 0 Å². The van der Waals surface area contributed by atoms with Gasteiger partial charge in [-0.05, 0) is 35.1 Å². The second-order valence-corrected chi connectivity index (χ2v) is 6.64. The lowest BCUT2D eigenvalue weighted by molar-refractivity contribution is 0.271. The number of nitrogens with two attached hydrogens (primary N) is 1. The monoisotopic (exact) mass is 276 g/mol. The molecule has 0 aliphatic carbocycles. The predicted molar refractivity (Wildman–Crippen MR) is 81.7 cm³/mol. The van der Waals surface area contributed by atoms with Gasteiger partial charge in [0, 0.05) is 26.2 Å². The molecule has 1 aromatic rings. The Bertz CT molecular complexity index is 500. The molecule has 0 amide bonds. The van der Waals surface area contributed by atoms with E-state index in [4.69, 9.17) is 5.73 Å². The van der Waals surface area contributed by atoms with Crippen molar-refractivity contribution in [3.05, 3.63) is 46.8 Å². The SMILES string of the molecule is CC(C)(C)C1=CCN(Cc2cc(F)cc(CN)c2)CC1. The van der Waals surface area contributed by atoms with Gasteiger partial charge in [0.05, 0.1) is 0 Å². The van der Waals surface area contributed by atoms with Crippen LogP contribution in [0.4, 0.5) is 4.39 Å². The summed E-state index contributed by atoms with van der Waals surface area (Å²) in [5, 5.41) is 0. The van der Waals surface area contributed by atoms with E-state index in [1.165, 1.54) is 11.6 Å². The zero-order valence-corrected chi connectivity index (χ0v) is 12.7. The van der Waals surface area contributed by atoms with Crippen LogP contribution in [0.25, 0.3) is 0 Å². The van der Waals surface area contributed by atoms with Gasteiger partial charge in [-0.3, -0.25) is 4.90 Å². The number of benzene rings is 1. The van der Waals surface area contributed by atoms with E-state index in [0.29, 0.717) is 6.54 Å². The molecule has 1 heterocycles. The normalized spacial score (nSPS) is 17.1. The minimum Gasteiger partial charge on any atom is -0.326 e. The highest BCUT2D eigenvalue weighted by molar-refractivity contribution is 5.25. The summed E-state index contributed by atoms with van der Waals surface area (Å²) in [6.45, 7) is 9.94. The van der Waals surface area contributed by atoms with Crippen molar-refractivity contribution in [2.45, 2.75) is 40.3 Å². The van der Waals surface area contributed by atoms with Gasteiger partial charge in [-0.15, -0.1) is 0 Å². The van der Waals surface area contributed by atoms with E-state index in [1.54, 1.807) is 6.07 Å². The van der Waals surface area contributed by atoms with Crippen LogP contribution in [-0.4, -0.2) is 18.0 Å². The molecular formula is C17H25FN2. The van der Waals surface area contributed by atoms with Crippen LogP contribution in [0.1, 0.15) is 38.3 Å². The molecule has 2 N–H and O–H groups in total. The number of nitrogens with zero attached hydrogens (tertiary/aromatic N) is 1. The summed E-state index contributed by atoms with van der Waals surface area (Å²) >= 11 is 0. The maximum atomic E-state index is 13.5. The summed E-state index contributed by atoms with van der Waals surface area (Å²) in [4.78, 5) is 2.35. The second kappa shape index (κ2) is 6.06. The van der Waals surface area contributed by atoms with Crippen LogP contribution in [0, 0.1) is 11.2 Å². The zero-order valence-electron chi connectivity index (χ0n) is 12.7. The Morgan fingerprint density at radius 2 is 1.90 bits per heavy atom. The second-order valence-electron chi connectivity index (χ2n) is 6.64. The summed E-state index contributed by atoms with van der Waals surface area (Å²) in [6.07, 6.45) is 3.43. The highest BCUT2D eigenvalue weighted by Crippen LogP contribution is 2.30. The average Bonchev–Trinajstić information content (AvgIpc) is 2.37. The van der Waals surface area contributed by atoms with Crippen molar-refractivity contribution in [1.82, 2.24) is 4.90 Å². The molecule has 110 valence electrons. The molecular weight excluding hydrogens is 251 g/mol. The molecule has 0 bridgehead atoms. The summed E-state index contributed by atoms with van der Waals surface area (Å²) in [6, 6.07) is 5.13. The average molecular weight is 276 g/mol. The number of hydrogen-bond acceptors (Lipinski definition) is 2. The molecule has 0 saturated carbocycles. The summed E-state index contributed by atoms with van der Waals surface area (Å²) in [5.74, 6) is -0.189. The van der Waals surface area contributed by atoms with Gasteiger partial charge < -0.3 is 5.73 Å². The predicted octanol–water partition coefficient (Wildman–Crippen LogP) is 3.46. The van der Waals surface area contributed by atoms with E-state index < -0.39 is 0 Å². The van der Waals surface area contributed by atoms with Crippen LogP contribution >= 0.6 is 0 Å². The van der Waals surface area contributed by atoms with Gasteiger partial charge in [0.25, 0.3) is 0 Å². The molecule has 0 atom stereocenters. The highest BCUT2D eigenvalue weighted by Gasteiger charge is 2.21. The van der Waals surface area contributed by atoms with E-state index in [-0.39, 0.29) is 11.2 Å². The number of halogens is 1. The molecule has 1 aliphatic rings. The van der Waals surface area contributed by atoms with Gasteiger partial charge in [-0.2, -0.15) is 0 Å². The van der Waals surface area contributed by atoms with Crippen LogP contribution in [0.5, 0.6) is 0 Å². The number of rotatable bonds is 3. The third-order valence-electron chi connectivity index (χ3n) is 3.92. The first-order valence-corrected chi connectivity index (χ1v) is 7.29. The molecule has 1 aliphatic heterocycles. The molecule has 2 nitrogen and oxygen atoms in total. The molecule has 1 aromatic carbocycles. The van der Waals surface area contributed by atoms with E-state index in [2.05, 4.69) is 31.7 Å². The molecule has 2 rings (SSSR count). The first kappa shape index (κ1) is 15.2. The fourth-order valence-corrected chi connectivity index (χ4v) is 2.72. The van der Waals surface area contributed by atoms with E-state index in [0.717, 1.165) is 37.2 Å². The van der Waals surface area contributed by atoms with Gasteiger partial charge in [0.15, 0.2) is 0 Å². The molecule has 0 fully saturated rings. The standard InChI is InChI=1S/C17H25FN2/c1-17(2,3)15-4-6-20(7-5-15)12-14-8-13(11-19)9-16(18)10-14/h4,8-10H,5-7,11-12,19H2,1-3H3. The Labute approximate surface area is 121 Å². The number of hydrogen-bond donors (Lipinski definition) is 1. The lowest BCUT2D eigenvalue weighted by Gasteiger charge is -2.32. The molecule has 0 unspecified atom stereocenters. The smallest absolute Gasteiger partial charge is 0.123 e. The van der Waals surface area contributed by atoms with Gasteiger partial charge >= 0.3 is 0 Å². The van der Waals surface area contributed by atoms with Crippen molar-refractivity contribution >= 4 is 0 Å². The molecule has 0 radical (unpaired) electrons. The van der Waals surface area contributed by atoms with Crippen molar-refractivity contribution in [3.8, 4) is 0 Å². The van der Waals surface area contributed by atoms with E-state index in [9.17, 15) is 4.39 Å². The van der Waals surface area contributed by atoms with Crippen LogP contribution in [0.3, 0.4) is 0 Å². The van der Waals surface area contributed by atoms with Crippen molar-refractivity contribution < 1.29 is 4.39 Å². The van der Waals surface area contributed by atoms with Crippen LogP contribution in [-0.2, 0) is 13.1 Å². The van der Waals surface area contributed by atoms with Gasteiger partial charge in [0.1, 0.15) is 5.82 Å². The Kier molecular flexibility index (Phi) is 4.61. The highest BCUT2D eigenvalue weighted by atomic mass is 19.1.